The summed E-state index contributed by atoms with van der Waals surface area (Å²) in [4.78, 5) is 0. The molecule has 0 unspecified atom stereocenters. The molecule has 1 rings (SSSR count). The first-order valence-electron chi connectivity index (χ1n) is 3.92. The summed E-state index contributed by atoms with van der Waals surface area (Å²) in [5, 5.41) is 9.03. The minimum absolute atomic E-state index is 2.28. The van der Waals surface area contributed by atoms with Crippen LogP contribution in [-0.2, 0) is 5.85 Å². The van der Waals surface area contributed by atoms with E-state index in [1.54, 1.807) is 0 Å². The lowest BCUT2D eigenvalue weighted by atomic mass is 10.1. The van der Waals surface area contributed by atoms with Gasteiger partial charge in [-0.3, -0.25) is 0 Å². The van der Waals surface area contributed by atoms with E-state index in [4.69, 9.17) is 39.9 Å². The fourth-order valence-electron chi connectivity index (χ4n) is 1.04. The first kappa shape index (κ1) is 15.7. The van der Waals surface area contributed by atoms with Gasteiger partial charge in [-0.2, -0.15) is 0 Å². The Morgan fingerprint density at radius 1 is 0.722 bits per heavy atom. The van der Waals surface area contributed by atoms with Gasteiger partial charge < -0.3 is 5.11 Å². The first-order valence-corrected chi connectivity index (χ1v) is 5.06. The first-order chi connectivity index (χ1) is 7.93. The van der Waals surface area contributed by atoms with Crippen molar-refractivity contribution in [2.45, 2.75) is 9.65 Å². The van der Waals surface area contributed by atoms with Gasteiger partial charge in [0.2, 0.25) is 5.82 Å². The van der Waals surface area contributed by atoms with Crippen LogP contribution in [0.3, 0.4) is 0 Å². The fourth-order valence-corrected chi connectivity index (χ4v) is 1.32. The lowest BCUT2D eigenvalue weighted by Gasteiger charge is -2.27. The van der Waals surface area contributed by atoms with Crippen LogP contribution in [-0.4, -0.2) is 8.90 Å². The third-order valence-electron chi connectivity index (χ3n) is 1.92. The molecule has 1 aromatic carbocycles. The SMILES string of the molecule is O[C@](F)(c1c(F)c(F)c(F)c(F)c1F)C(Cl)(Cl)Cl. The fraction of sp³-hybridized carbons (Fsp3) is 0.250. The van der Waals surface area contributed by atoms with Gasteiger partial charge in [0.05, 0.1) is 5.56 Å². The Morgan fingerprint density at radius 2 is 1.00 bits per heavy atom. The molecule has 0 radical (unpaired) electrons. The number of aliphatic hydroxyl groups is 1. The largest absolute Gasteiger partial charge is 0.355 e. The zero-order chi connectivity index (χ0) is 14.5. The minimum atomic E-state index is -4.42. The number of rotatable bonds is 1. The zero-order valence-electron chi connectivity index (χ0n) is 7.85. The predicted octanol–water partition coefficient (Wildman–Crippen LogP) is 3.87. The Hall–Kier alpha value is -0.370. The molecule has 0 aliphatic heterocycles. The molecular weight excluding hydrogens is 332 g/mol. The molecule has 0 amide bonds. The van der Waals surface area contributed by atoms with Crippen LogP contribution in [0.5, 0.6) is 0 Å². The van der Waals surface area contributed by atoms with E-state index in [9.17, 15) is 26.3 Å². The van der Waals surface area contributed by atoms with Gasteiger partial charge in [0.25, 0.3) is 9.65 Å². The Labute approximate surface area is 111 Å². The van der Waals surface area contributed by atoms with Crippen molar-refractivity contribution in [3.05, 3.63) is 34.6 Å². The van der Waals surface area contributed by atoms with Crippen molar-refractivity contribution < 1.29 is 31.4 Å². The maximum atomic E-state index is 13.6. The molecule has 1 N–H and O–H groups in total. The van der Waals surface area contributed by atoms with E-state index < -0.39 is 44.3 Å². The maximum absolute atomic E-state index is 13.6. The molecule has 18 heavy (non-hydrogen) atoms. The molecule has 1 nitrogen and oxygen atoms in total. The molecule has 102 valence electrons. The van der Waals surface area contributed by atoms with E-state index in [0.29, 0.717) is 0 Å². The Balaban J connectivity index is 3.72. The molecule has 0 aromatic heterocycles. The molecule has 10 heteroatoms. The van der Waals surface area contributed by atoms with E-state index in [-0.39, 0.29) is 0 Å². The molecule has 0 heterocycles. The molecular formula is C8HCl3F6O. The molecule has 0 fully saturated rings. The van der Waals surface area contributed by atoms with Gasteiger partial charge in [0.15, 0.2) is 23.3 Å². The van der Waals surface area contributed by atoms with E-state index in [1.807, 2.05) is 0 Å². The molecule has 1 atom stereocenters. The summed E-state index contributed by atoms with van der Waals surface area (Å²) >= 11 is 14.6. The smallest absolute Gasteiger partial charge is 0.286 e. The van der Waals surface area contributed by atoms with Crippen LogP contribution in [0.25, 0.3) is 0 Å². The van der Waals surface area contributed by atoms with Crippen LogP contribution in [0.2, 0.25) is 0 Å². The van der Waals surface area contributed by atoms with Crippen LogP contribution in [0, 0.1) is 29.1 Å². The second kappa shape index (κ2) is 4.63. The van der Waals surface area contributed by atoms with Crippen molar-refractivity contribution in [1.29, 1.82) is 0 Å². The Bertz CT molecular complexity index is 470. The summed E-state index contributed by atoms with van der Waals surface area (Å²) in [6.07, 6.45) is 0. The standard InChI is InChI=1S/C8HCl3F6O/c9-8(10,11)7(17,18)1-2(12)4(14)6(16)5(15)3(1)13/h18H/t7-/m1/s1. The van der Waals surface area contributed by atoms with Crippen LogP contribution < -0.4 is 0 Å². The summed E-state index contributed by atoms with van der Waals surface area (Å²) in [5.74, 6) is -17.2. The van der Waals surface area contributed by atoms with Crippen molar-refractivity contribution in [1.82, 2.24) is 0 Å². The quantitative estimate of drug-likeness (QED) is 0.358. The second-order valence-corrected chi connectivity index (χ2v) is 5.35. The van der Waals surface area contributed by atoms with Gasteiger partial charge in [0.1, 0.15) is 0 Å². The van der Waals surface area contributed by atoms with Crippen LogP contribution in [0.4, 0.5) is 26.3 Å². The highest BCUT2D eigenvalue weighted by atomic mass is 35.6. The zero-order valence-corrected chi connectivity index (χ0v) is 10.1. The topological polar surface area (TPSA) is 20.2 Å². The van der Waals surface area contributed by atoms with Crippen LogP contribution >= 0.6 is 34.8 Å². The normalized spacial score (nSPS) is 15.7. The van der Waals surface area contributed by atoms with Gasteiger partial charge >= 0.3 is 0 Å². The van der Waals surface area contributed by atoms with Crippen LogP contribution in [0.15, 0.2) is 0 Å². The Morgan fingerprint density at radius 3 is 1.28 bits per heavy atom. The molecule has 0 aliphatic rings. The highest BCUT2D eigenvalue weighted by molar-refractivity contribution is 6.68. The molecule has 0 bridgehead atoms. The van der Waals surface area contributed by atoms with Crippen molar-refractivity contribution in [2.75, 3.05) is 0 Å². The molecule has 0 aliphatic carbocycles. The van der Waals surface area contributed by atoms with E-state index in [0.717, 1.165) is 0 Å². The van der Waals surface area contributed by atoms with E-state index in [2.05, 4.69) is 0 Å². The van der Waals surface area contributed by atoms with Gasteiger partial charge in [-0.1, -0.05) is 34.8 Å². The summed E-state index contributed by atoms with van der Waals surface area (Å²) in [5.41, 5.74) is -2.28. The van der Waals surface area contributed by atoms with Crippen LogP contribution in [0.1, 0.15) is 5.56 Å². The molecule has 0 spiro atoms. The second-order valence-electron chi connectivity index (χ2n) is 3.06. The summed E-state index contributed by atoms with van der Waals surface area (Å²) in [6, 6.07) is 0. The summed E-state index contributed by atoms with van der Waals surface area (Å²) < 4.78 is 74.6. The van der Waals surface area contributed by atoms with Gasteiger partial charge in [0, 0.05) is 0 Å². The van der Waals surface area contributed by atoms with E-state index >= 15 is 0 Å². The lowest BCUT2D eigenvalue weighted by Crippen LogP contribution is -2.38. The number of halogens is 9. The van der Waals surface area contributed by atoms with Gasteiger partial charge in [-0.25, -0.2) is 26.3 Å². The van der Waals surface area contributed by atoms with E-state index in [1.165, 1.54) is 0 Å². The molecule has 1 aromatic rings. The van der Waals surface area contributed by atoms with Crippen molar-refractivity contribution >= 4 is 34.8 Å². The summed E-state index contributed by atoms with van der Waals surface area (Å²) in [7, 11) is 0. The van der Waals surface area contributed by atoms with Crippen molar-refractivity contribution in [2.24, 2.45) is 0 Å². The monoisotopic (exact) mass is 332 g/mol. The lowest BCUT2D eigenvalue weighted by molar-refractivity contribution is -0.0977. The highest BCUT2D eigenvalue weighted by Crippen LogP contribution is 2.48. The number of alkyl halides is 4. The number of benzene rings is 1. The average molecular weight is 333 g/mol. The third kappa shape index (κ3) is 2.24. The third-order valence-corrected chi connectivity index (χ3v) is 2.67. The summed E-state index contributed by atoms with van der Waals surface area (Å²) in [6.45, 7) is 0. The highest BCUT2D eigenvalue weighted by Gasteiger charge is 2.54. The number of hydrogen-bond acceptors (Lipinski definition) is 1. The maximum Gasteiger partial charge on any atom is 0.286 e. The van der Waals surface area contributed by atoms with Crippen molar-refractivity contribution in [3.63, 3.8) is 0 Å². The molecule has 0 saturated carbocycles. The molecule has 0 saturated heterocycles. The van der Waals surface area contributed by atoms with Gasteiger partial charge in [-0.15, -0.1) is 0 Å². The predicted molar refractivity (Wildman–Crippen MR) is 51.5 cm³/mol. The average Bonchev–Trinajstić information content (AvgIpc) is 2.22. The van der Waals surface area contributed by atoms with Crippen molar-refractivity contribution in [3.8, 4) is 0 Å². The van der Waals surface area contributed by atoms with Gasteiger partial charge in [-0.05, 0) is 0 Å². The minimum Gasteiger partial charge on any atom is -0.355 e. The Kier molecular flexibility index (Phi) is 4.03. The number of hydrogen-bond donors (Lipinski definition) is 1.